The molecule has 0 radical (unpaired) electrons. The summed E-state index contributed by atoms with van der Waals surface area (Å²) in [5, 5.41) is 44.8. The van der Waals surface area contributed by atoms with E-state index in [4.69, 9.17) is 9.47 Å². The van der Waals surface area contributed by atoms with E-state index in [0.29, 0.717) is 61.2 Å². The van der Waals surface area contributed by atoms with Gasteiger partial charge in [0.1, 0.15) is 12.7 Å². The molecule has 6 fully saturated rings. The Labute approximate surface area is 497 Å². The number of fused-ring (bicyclic) bond motifs is 4. The standard InChI is InChI=1S/C76H100O7/c1-48(2)42-54-22-12-13-26-58(54)71(80)83-63-43-50(4)75(81,41-33-52-44-66(79)82-47-52)76(64(77)32-29-49(3)18-16-21-51-19-8-6-9-20-51)65(78)36-38-72(5,70(63)76)57-35-40-73-39-34-55-46-74(56-24-10-7-11-25-56)37-15-14-28-61(74)60-31-30-53-23-17-27-59(62(73)45-57)67(53)68(60)69(55)73/h6-11,17,19-20,23-25,27,30-31,44,48-50,54-55,57-58,61-65,69-70,77-78,81H,12-16,18,21-22,26,28-29,32-43,45-47H2,1-5H3. The van der Waals surface area contributed by atoms with Gasteiger partial charge >= 0.3 is 11.9 Å². The maximum Gasteiger partial charge on any atom is 0.331 e. The number of cyclic esters (lactones) is 1. The first-order chi connectivity index (χ1) is 40.1. The second-order valence-corrected chi connectivity index (χ2v) is 30.3. The van der Waals surface area contributed by atoms with Gasteiger partial charge in [0.25, 0.3) is 0 Å². The van der Waals surface area contributed by atoms with E-state index in [1.165, 1.54) is 55.9 Å². The summed E-state index contributed by atoms with van der Waals surface area (Å²) >= 11 is 0. The maximum atomic E-state index is 15.5. The van der Waals surface area contributed by atoms with E-state index in [1.54, 1.807) is 33.7 Å². The molecule has 9 aliphatic rings. The van der Waals surface area contributed by atoms with Crippen LogP contribution in [0.1, 0.15) is 234 Å². The number of rotatable bonds is 17. The van der Waals surface area contributed by atoms with Gasteiger partial charge in [-0.3, -0.25) is 4.79 Å². The van der Waals surface area contributed by atoms with Crippen LogP contribution in [0.25, 0.3) is 10.8 Å². The fraction of sp³-hybridized carbons (Fsp3) is 0.658. The molecule has 3 N–H and O–H groups in total. The molecule has 0 bridgehead atoms. The summed E-state index contributed by atoms with van der Waals surface area (Å²) in [6.07, 6.45) is 22.5. The molecule has 8 aliphatic carbocycles. The fourth-order valence-corrected chi connectivity index (χ4v) is 22.4. The second-order valence-electron chi connectivity index (χ2n) is 30.3. The highest BCUT2D eigenvalue weighted by molar-refractivity contribution is 5.93. The zero-order valence-electron chi connectivity index (χ0n) is 51.2. The molecule has 83 heavy (non-hydrogen) atoms. The zero-order chi connectivity index (χ0) is 57.5. The van der Waals surface area contributed by atoms with Crippen LogP contribution in [0.5, 0.6) is 0 Å². The monoisotopic (exact) mass is 1120 g/mol. The van der Waals surface area contributed by atoms with Gasteiger partial charge in [0, 0.05) is 17.4 Å². The van der Waals surface area contributed by atoms with Gasteiger partial charge in [-0.15, -0.1) is 0 Å². The van der Waals surface area contributed by atoms with Crippen LogP contribution in [0.15, 0.2) is 103 Å². The smallest absolute Gasteiger partial charge is 0.331 e. The van der Waals surface area contributed by atoms with Crippen LogP contribution < -0.4 is 0 Å². The molecule has 1 heterocycles. The minimum absolute atomic E-state index is 0.101. The number of ether oxygens (including phenoxy) is 2. The van der Waals surface area contributed by atoms with Crippen molar-refractivity contribution < 1.29 is 34.4 Å². The van der Waals surface area contributed by atoms with Gasteiger partial charge in [-0.1, -0.05) is 158 Å². The third kappa shape index (κ3) is 9.57. The lowest BCUT2D eigenvalue weighted by Crippen LogP contribution is -2.77. The summed E-state index contributed by atoms with van der Waals surface area (Å²) < 4.78 is 12.8. The lowest BCUT2D eigenvalue weighted by molar-refractivity contribution is -0.328. The Morgan fingerprint density at radius 1 is 0.771 bits per heavy atom. The topological polar surface area (TPSA) is 113 Å². The molecule has 7 heteroatoms. The first kappa shape index (κ1) is 57.8. The molecule has 446 valence electrons. The molecule has 18 atom stereocenters. The third-order valence-electron chi connectivity index (χ3n) is 25.9. The van der Waals surface area contributed by atoms with Crippen LogP contribution in [0.2, 0.25) is 0 Å². The van der Waals surface area contributed by atoms with Crippen LogP contribution >= 0.6 is 0 Å². The van der Waals surface area contributed by atoms with E-state index >= 15 is 4.79 Å². The average Bonchev–Trinajstić information content (AvgIpc) is 1.87. The van der Waals surface area contributed by atoms with Crippen molar-refractivity contribution in [3.8, 4) is 0 Å². The van der Waals surface area contributed by atoms with Gasteiger partial charge in [0.2, 0.25) is 0 Å². The molecule has 4 aromatic rings. The highest BCUT2D eigenvalue weighted by atomic mass is 16.5. The van der Waals surface area contributed by atoms with E-state index < -0.39 is 46.6 Å². The van der Waals surface area contributed by atoms with Crippen LogP contribution in [0.4, 0.5) is 0 Å². The number of benzene rings is 4. The first-order valence-electron chi connectivity index (χ1n) is 33.9. The van der Waals surface area contributed by atoms with Crippen molar-refractivity contribution in [2.24, 2.45) is 63.6 Å². The molecule has 0 amide bonds. The first-order valence-corrected chi connectivity index (χ1v) is 33.9. The number of aliphatic hydroxyl groups excluding tert-OH is 2. The van der Waals surface area contributed by atoms with E-state index in [9.17, 15) is 20.1 Å². The summed E-state index contributed by atoms with van der Waals surface area (Å²) in [7, 11) is 0. The molecule has 1 spiro atoms. The average molecular weight is 1130 g/mol. The molecule has 13 rings (SSSR count). The Balaban J connectivity index is 0.913. The maximum absolute atomic E-state index is 15.5. The van der Waals surface area contributed by atoms with Crippen molar-refractivity contribution >= 4 is 22.7 Å². The number of carbonyl (C=O) groups is 2. The lowest BCUT2D eigenvalue weighted by Gasteiger charge is -2.71. The molecule has 18 unspecified atom stereocenters. The molecule has 4 aromatic carbocycles. The Bertz CT molecular complexity index is 3020. The lowest BCUT2D eigenvalue weighted by atomic mass is 9.36. The number of aryl methyl sites for hydroxylation is 1. The predicted molar refractivity (Wildman–Crippen MR) is 331 cm³/mol. The van der Waals surface area contributed by atoms with Crippen molar-refractivity contribution in [1.82, 2.24) is 0 Å². The predicted octanol–water partition coefficient (Wildman–Crippen LogP) is 16.6. The van der Waals surface area contributed by atoms with Crippen molar-refractivity contribution in [3.05, 3.63) is 130 Å². The van der Waals surface area contributed by atoms with E-state index in [1.807, 2.05) is 0 Å². The van der Waals surface area contributed by atoms with E-state index in [0.717, 1.165) is 89.0 Å². The molecule has 1 aliphatic heterocycles. The molecule has 7 nitrogen and oxygen atoms in total. The van der Waals surface area contributed by atoms with Gasteiger partial charge < -0.3 is 24.8 Å². The summed E-state index contributed by atoms with van der Waals surface area (Å²) in [5.41, 5.74) is 5.40. The Kier molecular flexibility index (Phi) is 15.8. The number of carbonyl (C=O) groups excluding carboxylic acids is 2. The van der Waals surface area contributed by atoms with Gasteiger partial charge in [-0.05, 0) is 237 Å². The summed E-state index contributed by atoms with van der Waals surface area (Å²) in [5.74, 6) is 1.59. The van der Waals surface area contributed by atoms with Crippen molar-refractivity contribution in [2.45, 2.75) is 242 Å². The van der Waals surface area contributed by atoms with E-state index in [2.05, 4.69) is 126 Å². The molecular formula is C76H100O7. The highest BCUT2D eigenvalue weighted by Gasteiger charge is 2.75. The molecule has 0 saturated heterocycles. The van der Waals surface area contributed by atoms with Gasteiger partial charge in [-0.2, -0.15) is 0 Å². The number of aliphatic hydroxyl groups is 3. The van der Waals surface area contributed by atoms with Crippen LogP contribution in [-0.2, 0) is 30.9 Å². The number of hydrogen-bond acceptors (Lipinski definition) is 7. The normalized spacial score (nSPS) is 38.7. The van der Waals surface area contributed by atoms with E-state index in [-0.39, 0.29) is 53.6 Å². The zero-order valence-corrected chi connectivity index (χ0v) is 51.2. The SMILES string of the molecule is CC(C)CC1CCCCC1C(=O)OC1CC(C)C(O)(CCC2=CC(=O)OC2)C2(C(O)CCC(C)CCCc3ccccc3)C(O)CCC(C)(C3CCC45CCC6CC7(c8ccccc8)CCCCC7c7ccc8cccc(c8c7C64)C5C3)C12. The highest BCUT2D eigenvalue weighted by Crippen LogP contribution is 2.77. The number of hydrogen-bond donors (Lipinski definition) is 3. The molecule has 0 aromatic heterocycles. The van der Waals surface area contributed by atoms with Crippen LogP contribution in [0, 0.1) is 63.6 Å². The summed E-state index contributed by atoms with van der Waals surface area (Å²) in [4.78, 5) is 28.1. The minimum atomic E-state index is -1.55. The van der Waals surface area contributed by atoms with Gasteiger partial charge in [-0.25, -0.2) is 4.79 Å². The van der Waals surface area contributed by atoms with Crippen molar-refractivity contribution in [2.75, 3.05) is 6.61 Å². The van der Waals surface area contributed by atoms with Crippen LogP contribution in [0.3, 0.4) is 0 Å². The second kappa shape index (κ2) is 22.8. The largest absolute Gasteiger partial charge is 0.462 e. The van der Waals surface area contributed by atoms with Crippen LogP contribution in [-0.4, -0.2) is 57.8 Å². The minimum Gasteiger partial charge on any atom is -0.462 e. The number of esters is 2. The van der Waals surface area contributed by atoms with Gasteiger partial charge in [0.15, 0.2) is 0 Å². The third-order valence-corrected chi connectivity index (χ3v) is 25.9. The Morgan fingerprint density at radius 2 is 1.54 bits per heavy atom. The Morgan fingerprint density at radius 3 is 2.33 bits per heavy atom. The van der Waals surface area contributed by atoms with Crippen molar-refractivity contribution in [3.63, 3.8) is 0 Å². The molecule has 6 saturated carbocycles. The van der Waals surface area contributed by atoms with Crippen molar-refractivity contribution in [1.29, 1.82) is 0 Å². The van der Waals surface area contributed by atoms with Gasteiger partial charge in [0.05, 0.1) is 29.1 Å². The summed E-state index contributed by atoms with van der Waals surface area (Å²) in [6, 6.07) is 34.8. The quantitative estimate of drug-likeness (QED) is 0.0903. The molecular weight excluding hydrogens is 1020 g/mol. The Hall–Kier alpha value is -4.30. The summed E-state index contributed by atoms with van der Waals surface area (Å²) in [6.45, 7) is 11.6. The fourth-order valence-electron chi connectivity index (χ4n) is 22.4.